The fourth-order valence-electron chi connectivity index (χ4n) is 7.26. The maximum atomic E-state index is 13.0. The summed E-state index contributed by atoms with van der Waals surface area (Å²) < 4.78 is 28.3. The Morgan fingerprint density at radius 3 is 2.50 bits per heavy atom. The summed E-state index contributed by atoms with van der Waals surface area (Å²) in [4.78, 5) is 39.3. The highest BCUT2D eigenvalue weighted by Crippen LogP contribution is 2.47. The number of methoxy groups -OCH3 is 2. The van der Waals surface area contributed by atoms with E-state index in [1.807, 2.05) is 0 Å². The molecule has 0 saturated carbocycles. The number of hydrogen-bond acceptors (Lipinski definition) is 10. The summed E-state index contributed by atoms with van der Waals surface area (Å²) in [5, 5.41) is 16.1. The molecule has 0 radical (unpaired) electrons. The molecule has 3 fully saturated rings. The quantitative estimate of drug-likeness (QED) is 0.0899. The fourth-order valence-corrected chi connectivity index (χ4v) is 7.26. The number of aliphatic hydroxyl groups excluding tert-OH is 1. The zero-order chi connectivity index (χ0) is 35.4. The first-order chi connectivity index (χ1) is 22.8. The summed E-state index contributed by atoms with van der Waals surface area (Å²) >= 11 is 0. The third-order valence-corrected chi connectivity index (χ3v) is 9.93. The predicted octanol–water partition coefficient (Wildman–Crippen LogP) is 3.76. The smallest absolute Gasteiger partial charge is 0.409 e. The Bertz CT molecular complexity index is 1110. The maximum absolute atomic E-state index is 13.0. The van der Waals surface area contributed by atoms with Gasteiger partial charge in [0.1, 0.15) is 6.04 Å². The highest BCUT2D eigenvalue weighted by atomic mass is 16.6. The molecule has 3 saturated heterocycles. The number of nitrogens with one attached hydrogen (secondary N) is 2. The lowest BCUT2D eigenvalue weighted by molar-refractivity contribution is -0.146. The first kappa shape index (κ1) is 39.9. The van der Waals surface area contributed by atoms with Crippen LogP contribution in [0.25, 0.3) is 0 Å². The lowest BCUT2D eigenvalue weighted by Crippen LogP contribution is -2.46. The second kappa shape index (κ2) is 19.0. The van der Waals surface area contributed by atoms with Crippen molar-refractivity contribution in [3.8, 4) is 0 Å². The van der Waals surface area contributed by atoms with Crippen molar-refractivity contribution >= 4 is 18.0 Å². The van der Waals surface area contributed by atoms with Crippen LogP contribution in [0.2, 0.25) is 0 Å². The van der Waals surface area contributed by atoms with Crippen LogP contribution < -0.4 is 10.6 Å². The molecular formula is C36H61N3O9. The average Bonchev–Trinajstić information content (AvgIpc) is 3.73. The van der Waals surface area contributed by atoms with Gasteiger partial charge in [-0.15, -0.1) is 0 Å². The molecule has 3 aliphatic heterocycles. The van der Waals surface area contributed by atoms with Crippen LogP contribution in [-0.2, 0) is 33.3 Å². The van der Waals surface area contributed by atoms with Crippen LogP contribution in [-0.4, -0.2) is 117 Å². The molecule has 0 aromatic rings. The number of carbonyl (C=O) groups is 3. The van der Waals surface area contributed by atoms with Crippen LogP contribution in [0.15, 0.2) is 23.8 Å². The molecule has 12 heteroatoms. The van der Waals surface area contributed by atoms with E-state index in [2.05, 4.69) is 63.5 Å². The van der Waals surface area contributed by atoms with Crippen LogP contribution in [0.4, 0.5) is 4.79 Å². The standard InChI is InChI=1S/C36H61N3O9/c1-23(22-36(6)33(48-36)26(4)32(44-7)27(5)40)11-9-12-24(2)31-25(3)14-15-28(47-31)21-30(41)38-29(34(42)45-8)13-10-20-46-35(43)39-18-16-37-17-19-39/h9,11-12,23,25-29,31-33,37,40H,10,13-22H2,1-8H3,(H,38,41)/b11-9+,24-12+/t23-,25+,26-,27-,28-,29+,31-,32-,33-,36-/m1/s1. The maximum Gasteiger partial charge on any atom is 0.409 e. The Morgan fingerprint density at radius 1 is 1.15 bits per heavy atom. The van der Waals surface area contributed by atoms with Gasteiger partial charge in [-0.2, -0.15) is 0 Å². The van der Waals surface area contributed by atoms with E-state index in [1.54, 1.807) is 18.9 Å². The fraction of sp³-hybridized carbons (Fsp3) is 0.806. The number of esters is 1. The third kappa shape index (κ3) is 11.8. The van der Waals surface area contributed by atoms with E-state index in [-0.39, 0.29) is 66.9 Å². The molecule has 0 unspecified atom stereocenters. The highest BCUT2D eigenvalue weighted by molar-refractivity contribution is 5.84. The lowest BCUT2D eigenvalue weighted by atomic mass is 9.85. The molecule has 3 N–H and O–H groups in total. The summed E-state index contributed by atoms with van der Waals surface area (Å²) in [5.41, 5.74) is 0.853. The molecule has 3 heterocycles. The monoisotopic (exact) mass is 679 g/mol. The zero-order valence-corrected chi connectivity index (χ0v) is 30.4. The second-order valence-electron chi connectivity index (χ2n) is 14.2. The first-order valence-corrected chi connectivity index (χ1v) is 17.7. The van der Waals surface area contributed by atoms with Crippen molar-refractivity contribution in [2.24, 2.45) is 17.8 Å². The first-order valence-electron chi connectivity index (χ1n) is 17.7. The highest BCUT2D eigenvalue weighted by Gasteiger charge is 2.56. The van der Waals surface area contributed by atoms with Gasteiger partial charge in [0.25, 0.3) is 0 Å². The molecular weight excluding hydrogens is 618 g/mol. The van der Waals surface area contributed by atoms with Crippen LogP contribution in [0.3, 0.4) is 0 Å². The van der Waals surface area contributed by atoms with Gasteiger partial charge in [0.05, 0.1) is 56.3 Å². The van der Waals surface area contributed by atoms with Crippen molar-refractivity contribution < 1.29 is 43.2 Å². The molecule has 48 heavy (non-hydrogen) atoms. The third-order valence-electron chi connectivity index (χ3n) is 9.93. The van der Waals surface area contributed by atoms with Crippen LogP contribution in [0, 0.1) is 17.8 Å². The van der Waals surface area contributed by atoms with Crippen molar-refractivity contribution in [3.63, 3.8) is 0 Å². The number of carbonyl (C=O) groups excluding carboxylic acids is 3. The molecule has 0 aromatic carbocycles. The minimum atomic E-state index is -0.825. The van der Waals surface area contributed by atoms with Crippen molar-refractivity contribution in [3.05, 3.63) is 23.8 Å². The Morgan fingerprint density at radius 2 is 1.85 bits per heavy atom. The van der Waals surface area contributed by atoms with Gasteiger partial charge in [-0.25, -0.2) is 9.59 Å². The van der Waals surface area contributed by atoms with E-state index in [4.69, 9.17) is 23.7 Å². The molecule has 12 nitrogen and oxygen atoms in total. The number of hydrogen-bond donors (Lipinski definition) is 3. The number of nitrogens with zero attached hydrogens (tertiary/aromatic N) is 1. The summed E-state index contributed by atoms with van der Waals surface area (Å²) in [6.45, 7) is 15.2. The van der Waals surface area contributed by atoms with Gasteiger partial charge in [0.15, 0.2) is 0 Å². The van der Waals surface area contributed by atoms with E-state index in [0.717, 1.165) is 37.9 Å². The summed E-state index contributed by atoms with van der Waals surface area (Å²) in [5.74, 6) is -0.123. The van der Waals surface area contributed by atoms with Gasteiger partial charge >= 0.3 is 12.1 Å². The second-order valence-corrected chi connectivity index (χ2v) is 14.2. The number of epoxide rings is 1. The predicted molar refractivity (Wildman–Crippen MR) is 182 cm³/mol. The van der Waals surface area contributed by atoms with E-state index in [9.17, 15) is 19.5 Å². The Hall–Kier alpha value is -2.51. The molecule has 0 bridgehead atoms. The van der Waals surface area contributed by atoms with Gasteiger partial charge < -0.3 is 44.3 Å². The summed E-state index contributed by atoms with van der Waals surface area (Å²) in [7, 11) is 2.92. The number of ether oxygens (including phenoxy) is 5. The Balaban J connectivity index is 1.45. The van der Waals surface area contributed by atoms with Gasteiger partial charge in [-0.3, -0.25) is 4.79 Å². The van der Waals surface area contributed by atoms with E-state index in [0.29, 0.717) is 31.8 Å². The summed E-state index contributed by atoms with van der Waals surface area (Å²) in [6.07, 6.45) is 8.24. The van der Waals surface area contributed by atoms with Crippen molar-refractivity contribution in [1.82, 2.24) is 15.5 Å². The van der Waals surface area contributed by atoms with Crippen molar-refractivity contribution in [2.45, 2.75) is 122 Å². The number of piperazine rings is 1. The van der Waals surface area contributed by atoms with E-state index in [1.165, 1.54) is 7.11 Å². The van der Waals surface area contributed by atoms with Crippen LogP contribution in [0.1, 0.15) is 80.1 Å². The molecule has 3 aliphatic rings. The van der Waals surface area contributed by atoms with E-state index < -0.39 is 18.1 Å². The van der Waals surface area contributed by atoms with Gasteiger partial charge in [0, 0.05) is 39.2 Å². The zero-order valence-electron chi connectivity index (χ0n) is 30.4. The largest absolute Gasteiger partial charge is 0.467 e. The summed E-state index contributed by atoms with van der Waals surface area (Å²) in [6, 6.07) is -0.825. The Kier molecular flexibility index (Phi) is 15.8. The van der Waals surface area contributed by atoms with Crippen molar-refractivity contribution in [2.75, 3.05) is 47.0 Å². The lowest BCUT2D eigenvalue weighted by Gasteiger charge is -2.35. The topological polar surface area (TPSA) is 148 Å². The number of amides is 2. The number of allylic oxidation sites excluding steroid dienone is 3. The van der Waals surface area contributed by atoms with Gasteiger partial charge in [-0.1, -0.05) is 39.0 Å². The number of aliphatic hydroxyl groups is 1. The Labute approximate surface area is 287 Å². The van der Waals surface area contributed by atoms with Gasteiger partial charge in [-0.05, 0) is 70.3 Å². The molecule has 0 aromatic heterocycles. The molecule has 3 rings (SSSR count). The average molecular weight is 680 g/mol. The molecule has 274 valence electrons. The van der Waals surface area contributed by atoms with Crippen molar-refractivity contribution in [1.29, 1.82) is 0 Å². The van der Waals surface area contributed by atoms with E-state index >= 15 is 0 Å². The molecule has 2 amide bonds. The normalized spacial score (nSPS) is 29.4. The number of rotatable bonds is 17. The molecule has 0 spiro atoms. The SMILES string of the molecule is COC(=O)[C@H](CCCOC(=O)N1CCNCC1)NC(=O)C[C@H]1CC[C@H](C)[C@@H](/C(C)=C/C=C/[C@@H](C)C[C@@]2(C)O[C@@H]2[C@H](C)[C@@H](OC)[C@@H](C)O)O1. The van der Waals surface area contributed by atoms with Crippen LogP contribution >= 0.6 is 0 Å². The minimum absolute atomic E-state index is 0.0471. The van der Waals surface area contributed by atoms with Gasteiger partial charge in [0.2, 0.25) is 5.91 Å². The minimum Gasteiger partial charge on any atom is -0.467 e. The molecule has 0 aliphatic carbocycles. The van der Waals surface area contributed by atoms with Crippen LogP contribution in [0.5, 0.6) is 0 Å². The molecule has 10 atom stereocenters.